The van der Waals surface area contributed by atoms with Crippen LogP contribution in [0, 0.1) is 11.3 Å². The highest BCUT2D eigenvalue weighted by atomic mass is 14.9. The van der Waals surface area contributed by atoms with Gasteiger partial charge in [0.25, 0.3) is 0 Å². The van der Waals surface area contributed by atoms with Gasteiger partial charge >= 0.3 is 0 Å². The molecule has 0 radical (unpaired) electrons. The van der Waals surface area contributed by atoms with E-state index in [9.17, 15) is 0 Å². The van der Waals surface area contributed by atoms with Crippen LogP contribution in [-0.4, -0.2) is 4.57 Å². The molecule has 0 saturated carbocycles. The number of aromatic nitrogens is 1. The molecule has 0 amide bonds. The first-order chi connectivity index (χ1) is 9.26. The standard InChI is InChI=1S/C16H13N3/c1-19-8-7-13-10-15(5-6-16(13)19)18-14-4-2-3-12(9-14)11-17/h2-10,18H,1H3. The molecule has 0 fully saturated rings. The molecule has 19 heavy (non-hydrogen) atoms. The summed E-state index contributed by atoms with van der Waals surface area (Å²) in [6.07, 6.45) is 2.05. The maximum absolute atomic E-state index is 8.89. The summed E-state index contributed by atoms with van der Waals surface area (Å²) in [6.45, 7) is 0. The topological polar surface area (TPSA) is 40.8 Å². The zero-order valence-corrected chi connectivity index (χ0v) is 10.6. The van der Waals surface area contributed by atoms with Gasteiger partial charge in [0.2, 0.25) is 0 Å². The highest BCUT2D eigenvalue weighted by Gasteiger charge is 2.00. The average Bonchev–Trinajstić information content (AvgIpc) is 2.80. The van der Waals surface area contributed by atoms with Gasteiger partial charge in [-0.1, -0.05) is 6.07 Å². The van der Waals surface area contributed by atoms with Gasteiger partial charge in [-0.3, -0.25) is 0 Å². The van der Waals surface area contributed by atoms with Crippen LogP contribution in [0.3, 0.4) is 0 Å². The maximum Gasteiger partial charge on any atom is 0.0992 e. The van der Waals surface area contributed by atoms with Crippen LogP contribution >= 0.6 is 0 Å². The summed E-state index contributed by atoms with van der Waals surface area (Å²) in [5.41, 5.74) is 3.81. The highest BCUT2D eigenvalue weighted by molar-refractivity contribution is 5.84. The first kappa shape index (κ1) is 11.4. The molecule has 3 nitrogen and oxygen atoms in total. The van der Waals surface area contributed by atoms with E-state index in [1.165, 1.54) is 10.9 Å². The van der Waals surface area contributed by atoms with Crippen molar-refractivity contribution in [1.29, 1.82) is 5.26 Å². The Bertz CT molecular complexity index is 778. The Morgan fingerprint density at radius 1 is 1.05 bits per heavy atom. The molecule has 1 aromatic heterocycles. The molecule has 0 bridgehead atoms. The van der Waals surface area contributed by atoms with E-state index < -0.39 is 0 Å². The van der Waals surface area contributed by atoms with Crippen molar-refractivity contribution in [3.8, 4) is 6.07 Å². The molecule has 92 valence electrons. The molecular weight excluding hydrogens is 234 g/mol. The summed E-state index contributed by atoms with van der Waals surface area (Å²) in [7, 11) is 2.03. The van der Waals surface area contributed by atoms with Gasteiger partial charge in [-0.25, -0.2) is 0 Å². The second-order valence-corrected chi connectivity index (χ2v) is 4.52. The molecule has 0 saturated heterocycles. The van der Waals surface area contributed by atoms with E-state index in [1.54, 1.807) is 6.07 Å². The molecule has 0 atom stereocenters. The third-order valence-electron chi connectivity index (χ3n) is 3.17. The summed E-state index contributed by atoms with van der Waals surface area (Å²) in [5.74, 6) is 0. The van der Waals surface area contributed by atoms with Crippen LogP contribution in [0.25, 0.3) is 10.9 Å². The molecular formula is C16H13N3. The number of fused-ring (bicyclic) bond motifs is 1. The summed E-state index contributed by atoms with van der Waals surface area (Å²) < 4.78 is 2.09. The number of anilines is 2. The van der Waals surface area contributed by atoms with Gasteiger partial charge in [-0.15, -0.1) is 0 Å². The number of aryl methyl sites for hydroxylation is 1. The summed E-state index contributed by atoms with van der Waals surface area (Å²) in [5, 5.41) is 13.4. The summed E-state index contributed by atoms with van der Waals surface area (Å²) >= 11 is 0. The van der Waals surface area contributed by atoms with Crippen molar-refractivity contribution < 1.29 is 0 Å². The molecule has 1 heterocycles. The molecule has 0 aliphatic carbocycles. The first-order valence-electron chi connectivity index (χ1n) is 6.08. The van der Waals surface area contributed by atoms with Crippen molar-refractivity contribution in [1.82, 2.24) is 4.57 Å². The number of nitriles is 1. The van der Waals surface area contributed by atoms with E-state index in [2.05, 4.69) is 34.2 Å². The molecule has 2 aromatic carbocycles. The van der Waals surface area contributed by atoms with Gasteiger partial charge in [0, 0.05) is 35.5 Å². The molecule has 0 aliphatic rings. The fourth-order valence-electron chi connectivity index (χ4n) is 2.19. The van der Waals surface area contributed by atoms with Crippen molar-refractivity contribution in [3.63, 3.8) is 0 Å². The van der Waals surface area contributed by atoms with Gasteiger partial charge in [-0.2, -0.15) is 5.26 Å². The van der Waals surface area contributed by atoms with Gasteiger partial charge < -0.3 is 9.88 Å². The quantitative estimate of drug-likeness (QED) is 0.748. The zero-order valence-electron chi connectivity index (χ0n) is 10.6. The van der Waals surface area contributed by atoms with Gasteiger partial charge in [-0.05, 0) is 42.5 Å². The number of hydrogen-bond donors (Lipinski definition) is 1. The third-order valence-corrected chi connectivity index (χ3v) is 3.17. The van der Waals surface area contributed by atoms with Gasteiger partial charge in [0.15, 0.2) is 0 Å². The van der Waals surface area contributed by atoms with Crippen LogP contribution in [0.15, 0.2) is 54.7 Å². The van der Waals surface area contributed by atoms with Crippen LogP contribution in [-0.2, 0) is 7.05 Å². The Morgan fingerprint density at radius 2 is 1.89 bits per heavy atom. The van der Waals surface area contributed by atoms with Gasteiger partial charge in [0.05, 0.1) is 11.6 Å². The van der Waals surface area contributed by atoms with E-state index in [-0.39, 0.29) is 0 Å². The van der Waals surface area contributed by atoms with Crippen molar-refractivity contribution in [2.75, 3.05) is 5.32 Å². The van der Waals surface area contributed by atoms with Gasteiger partial charge in [0.1, 0.15) is 0 Å². The van der Waals surface area contributed by atoms with E-state index in [1.807, 2.05) is 37.5 Å². The Hall–Kier alpha value is -2.73. The Labute approximate surface area is 111 Å². The largest absolute Gasteiger partial charge is 0.355 e. The van der Waals surface area contributed by atoms with E-state index in [0.29, 0.717) is 5.56 Å². The lowest BCUT2D eigenvalue weighted by Gasteiger charge is -2.07. The van der Waals surface area contributed by atoms with Crippen LogP contribution < -0.4 is 5.32 Å². The van der Waals surface area contributed by atoms with Crippen molar-refractivity contribution >= 4 is 22.3 Å². The molecule has 3 aromatic rings. The number of benzene rings is 2. The normalized spacial score (nSPS) is 10.3. The number of rotatable bonds is 2. The lowest BCUT2D eigenvalue weighted by atomic mass is 10.2. The lowest BCUT2D eigenvalue weighted by molar-refractivity contribution is 0.969. The fraction of sp³-hybridized carbons (Fsp3) is 0.0625. The molecule has 3 rings (SSSR count). The molecule has 0 unspecified atom stereocenters. The van der Waals surface area contributed by atoms with Crippen molar-refractivity contribution in [3.05, 3.63) is 60.3 Å². The predicted octanol–water partition coefficient (Wildman–Crippen LogP) is 3.79. The average molecular weight is 247 g/mol. The second kappa shape index (κ2) is 4.51. The molecule has 1 N–H and O–H groups in total. The molecule has 0 spiro atoms. The SMILES string of the molecule is Cn1ccc2cc(Nc3cccc(C#N)c3)ccc21. The van der Waals surface area contributed by atoms with Crippen LogP contribution in [0.4, 0.5) is 11.4 Å². The van der Waals surface area contributed by atoms with Crippen LogP contribution in [0.5, 0.6) is 0 Å². The van der Waals surface area contributed by atoms with Crippen molar-refractivity contribution in [2.24, 2.45) is 7.05 Å². The van der Waals surface area contributed by atoms with Crippen LogP contribution in [0.1, 0.15) is 5.56 Å². The summed E-state index contributed by atoms with van der Waals surface area (Å²) in [6, 6.07) is 17.9. The minimum Gasteiger partial charge on any atom is -0.355 e. The first-order valence-corrected chi connectivity index (χ1v) is 6.08. The zero-order chi connectivity index (χ0) is 13.2. The fourth-order valence-corrected chi connectivity index (χ4v) is 2.19. The summed E-state index contributed by atoms with van der Waals surface area (Å²) in [4.78, 5) is 0. The number of nitrogens with zero attached hydrogens (tertiary/aromatic N) is 2. The molecule has 3 heteroatoms. The van der Waals surface area contributed by atoms with Crippen LogP contribution in [0.2, 0.25) is 0 Å². The minimum absolute atomic E-state index is 0.658. The second-order valence-electron chi connectivity index (χ2n) is 4.52. The Kier molecular flexibility index (Phi) is 2.70. The lowest BCUT2D eigenvalue weighted by Crippen LogP contribution is -1.91. The number of hydrogen-bond acceptors (Lipinski definition) is 2. The van der Waals surface area contributed by atoms with E-state index in [0.717, 1.165) is 11.4 Å². The minimum atomic E-state index is 0.658. The molecule has 0 aliphatic heterocycles. The smallest absolute Gasteiger partial charge is 0.0992 e. The predicted molar refractivity (Wildman–Crippen MR) is 77.4 cm³/mol. The third kappa shape index (κ3) is 2.16. The monoisotopic (exact) mass is 247 g/mol. The van der Waals surface area contributed by atoms with E-state index >= 15 is 0 Å². The maximum atomic E-state index is 8.89. The number of nitrogens with one attached hydrogen (secondary N) is 1. The Balaban J connectivity index is 1.94. The van der Waals surface area contributed by atoms with Crippen molar-refractivity contribution in [2.45, 2.75) is 0 Å². The highest BCUT2D eigenvalue weighted by Crippen LogP contribution is 2.23. The van der Waals surface area contributed by atoms with E-state index in [4.69, 9.17) is 5.26 Å². The Morgan fingerprint density at radius 3 is 2.74 bits per heavy atom.